The average Bonchev–Trinajstić information content (AvgIpc) is 3.34. The van der Waals surface area contributed by atoms with Crippen LogP contribution in [-0.4, -0.2) is 41.8 Å². The summed E-state index contributed by atoms with van der Waals surface area (Å²) in [6, 6.07) is 11.5. The van der Waals surface area contributed by atoms with Crippen molar-refractivity contribution >= 4 is 23.2 Å². The zero-order chi connectivity index (χ0) is 19.2. The molecule has 7 heteroatoms. The van der Waals surface area contributed by atoms with Crippen LogP contribution in [0.25, 0.3) is 11.5 Å². The fourth-order valence-corrected chi connectivity index (χ4v) is 3.23. The molecule has 3 rings (SSSR count). The van der Waals surface area contributed by atoms with E-state index in [-0.39, 0.29) is 18.4 Å². The summed E-state index contributed by atoms with van der Waals surface area (Å²) in [6.45, 7) is 2.47. The van der Waals surface area contributed by atoms with Crippen molar-refractivity contribution in [1.29, 1.82) is 0 Å². The summed E-state index contributed by atoms with van der Waals surface area (Å²) in [4.78, 5) is 30.6. The first kappa shape index (κ1) is 18.8. The number of carbonyl (C=O) groups is 2. The topological polar surface area (TPSA) is 75.4 Å². The second-order valence-corrected chi connectivity index (χ2v) is 7.20. The molecule has 27 heavy (non-hydrogen) atoms. The minimum atomic E-state index is -0.204. The van der Waals surface area contributed by atoms with E-state index < -0.39 is 0 Å². The lowest BCUT2D eigenvalue weighted by Gasteiger charge is -2.15. The largest absolute Gasteiger partial charge is 0.444 e. The van der Waals surface area contributed by atoms with Crippen LogP contribution in [0.1, 0.15) is 20.9 Å². The molecule has 6 nitrogen and oxygen atoms in total. The number of hydrogen-bond donors (Lipinski definition) is 1. The van der Waals surface area contributed by atoms with Gasteiger partial charge in [0.05, 0.1) is 17.1 Å². The molecule has 0 radical (unpaired) electrons. The number of nitrogens with zero attached hydrogens (tertiary/aromatic N) is 2. The zero-order valence-electron chi connectivity index (χ0n) is 15.3. The molecule has 0 fully saturated rings. The summed E-state index contributed by atoms with van der Waals surface area (Å²) in [5.41, 5.74) is 2.87. The third-order valence-corrected chi connectivity index (χ3v) is 4.87. The number of hydrogen-bond acceptors (Lipinski definition) is 5. The number of aromatic nitrogens is 1. The highest BCUT2D eigenvalue weighted by molar-refractivity contribution is 7.12. The molecule has 0 aliphatic rings. The third-order valence-electron chi connectivity index (χ3n) is 4.01. The van der Waals surface area contributed by atoms with Crippen LogP contribution in [0.4, 0.5) is 0 Å². The Morgan fingerprint density at radius 3 is 2.70 bits per heavy atom. The molecule has 0 aliphatic heterocycles. The van der Waals surface area contributed by atoms with Crippen molar-refractivity contribution in [3.63, 3.8) is 0 Å². The molecule has 140 valence electrons. The van der Waals surface area contributed by atoms with Gasteiger partial charge in [0.15, 0.2) is 0 Å². The van der Waals surface area contributed by atoms with Gasteiger partial charge in [-0.1, -0.05) is 23.8 Å². The summed E-state index contributed by atoms with van der Waals surface area (Å²) in [5.74, 6) is 0.210. The van der Waals surface area contributed by atoms with Crippen LogP contribution in [-0.2, 0) is 11.2 Å². The van der Waals surface area contributed by atoms with Gasteiger partial charge >= 0.3 is 0 Å². The first-order valence-electron chi connectivity index (χ1n) is 8.60. The molecule has 1 N–H and O–H groups in total. The van der Waals surface area contributed by atoms with Crippen molar-refractivity contribution in [3.8, 4) is 11.5 Å². The third kappa shape index (κ3) is 5.04. The molecule has 1 aromatic carbocycles. The van der Waals surface area contributed by atoms with Crippen LogP contribution in [0, 0.1) is 6.92 Å². The van der Waals surface area contributed by atoms with Gasteiger partial charge in [-0.2, -0.15) is 0 Å². The predicted octanol–water partition coefficient (Wildman–Crippen LogP) is 3.14. The Morgan fingerprint density at radius 2 is 2.00 bits per heavy atom. The smallest absolute Gasteiger partial charge is 0.264 e. The number of aryl methyl sites for hydroxylation is 1. The second kappa shape index (κ2) is 8.64. The van der Waals surface area contributed by atoms with Crippen LogP contribution in [0.2, 0.25) is 0 Å². The first-order valence-corrected chi connectivity index (χ1v) is 9.48. The molecular formula is C20H21N3O3S. The summed E-state index contributed by atoms with van der Waals surface area (Å²) in [6.07, 6.45) is 2.16. The van der Waals surface area contributed by atoms with Gasteiger partial charge in [0.2, 0.25) is 11.8 Å². The van der Waals surface area contributed by atoms with Crippen molar-refractivity contribution in [2.45, 2.75) is 13.3 Å². The molecular weight excluding hydrogens is 362 g/mol. The van der Waals surface area contributed by atoms with Gasteiger partial charge in [0, 0.05) is 25.6 Å². The molecule has 0 saturated carbocycles. The maximum Gasteiger partial charge on any atom is 0.264 e. The lowest BCUT2D eigenvalue weighted by atomic mass is 10.1. The van der Waals surface area contributed by atoms with Gasteiger partial charge in [-0.05, 0) is 30.5 Å². The lowest BCUT2D eigenvalue weighted by Crippen LogP contribution is -2.38. The quantitative estimate of drug-likeness (QED) is 0.680. The molecule has 0 atom stereocenters. The predicted molar refractivity (Wildman–Crippen MR) is 105 cm³/mol. The minimum Gasteiger partial charge on any atom is -0.444 e. The van der Waals surface area contributed by atoms with E-state index in [1.807, 2.05) is 42.6 Å². The van der Waals surface area contributed by atoms with Gasteiger partial charge in [-0.3, -0.25) is 9.59 Å². The van der Waals surface area contributed by atoms with E-state index in [1.54, 1.807) is 19.4 Å². The molecule has 0 bridgehead atoms. The Morgan fingerprint density at radius 1 is 1.22 bits per heavy atom. The summed E-state index contributed by atoms with van der Waals surface area (Å²) in [5, 5.41) is 4.64. The minimum absolute atomic E-state index is 0.0180. The zero-order valence-corrected chi connectivity index (χ0v) is 16.1. The van der Waals surface area contributed by atoms with E-state index >= 15 is 0 Å². The number of rotatable bonds is 7. The Labute approximate surface area is 161 Å². The Balaban J connectivity index is 1.45. The molecule has 0 unspecified atom stereocenters. The molecule has 3 aromatic rings. The van der Waals surface area contributed by atoms with E-state index in [0.29, 0.717) is 23.7 Å². The van der Waals surface area contributed by atoms with Crippen LogP contribution in [0.3, 0.4) is 0 Å². The number of oxazole rings is 1. The molecule has 2 aromatic heterocycles. The highest BCUT2D eigenvalue weighted by Gasteiger charge is 2.15. The fraction of sp³-hybridized carbons (Fsp3) is 0.250. The Hall–Kier alpha value is -2.93. The molecule has 2 amide bonds. The maximum atomic E-state index is 12.1. The van der Waals surface area contributed by atoms with Crippen molar-refractivity contribution < 1.29 is 14.0 Å². The monoisotopic (exact) mass is 383 g/mol. The lowest BCUT2D eigenvalue weighted by molar-refractivity contribution is -0.121. The van der Waals surface area contributed by atoms with Gasteiger partial charge in [-0.15, -0.1) is 11.3 Å². The van der Waals surface area contributed by atoms with Crippen LogP contribution < -0.4 is 5.32 Å². The average molecular weight is 383 g/mol. The molecule has 0 spiro atoms. The van der Waals surface area contributed by atoms with Gasteiger partial charge in [0.1, 0.15) is 6.26 Å². The first-order chi connectivity index (χ1) is 13.0. The van der Waals surface area contributed by atoms with Crippen LogP contribution in [0.15, 0.2) is 52.5 Å². The van der Waals surface area contributed by atoms with Gasteiger partial charge in [-0.25, -0.2) is 4.98 Å². The summed E-state index contributed by atoms with van der Waals surface area (Å²) >= 11 is 1.36. The second-order valence-electron chi connectivity index (χ2n) is 6.25. The van der Waals surface area contributed by atoms with Crippen molar-refractivity contribution in [2.75, 3.05) is 20.1 Å². The number of carbonyl (C=O) groups excluding carboxylic acids is 2. The standard InChI is InChI=1S/C20H21N3O3S/c1-14-5-7-15(8-6-14)19-22-16(13-26-19)9-10-21-18(24)12-23(2)20(25)17-4-3-11-27-17/h3-8,11,13H,9-10,12H2,1-2H3,(H,21,24). The maximum absolute atomic E-state index is 12.1. The number of thiophene rings is 1. The number of nitrogens with one attached hydrogen (secondary N) is 1. The SMILES string of the molecule is Cc1ccc(-c2nc(CCNC(=O)CN(C)C(=O)c3cccs3)co2)cc1. The van der Waals surface area contributed by atoms with Gasteiger partial charge < -0.3 is 14.6 Å². The van der Waals surface area contributed by atoms with E-state index in [4.69, 9.17) is 4.42 Å². The van der Waals surface area contributed by atoms with Gasteiger partial charge in [0.25, 0.3) is 5.91 Å². The number of amides is 2. The Bertz CT molecular complexity index is 901. The highest BCUT2D eigenvalue weighted by atomic mass is 32.1. The molecule has 0 aliphatic carbocycles. The Kier molecular flexibility index (Phi) is 6.03. The van der Waals surface area contributed by atoms with Crippen LogP contribution >= 0.6 is 11.3 Å². The number of likely N-dealkylation sites (N-methyl/N-ethyl adjacent to an activating group) is 1. The van der Waals surface area contributed by atoms with Crippen molar-refractivity contribution in [3.05, 3.63) is 64.2 Å². The van der Waals surface area contributed by atoms with E-state index in [0.717, 1.165) is 11.3 Å². The van der Waals surface area contributed by atoms with Crippen molar-refractivity contribution in [1.82, 2.24) is 15.2 Å². The summed E-state index contributed by atoms with van der Waals surface area (Å²) in [7, 11) is 1.62. The van der Waals surface area contributed by atoms with E-state index in [9.17, 15) is 9.59 Å². The number of benzene rings is 1. The fourth-order valence-electron chi connectivity index (χ4n) is 2.51. The summed E-state index contributed by atoms with van der Waals surface area (Å²) < 4.78 is 5.51. The van der Waals surface area contributed by atoms with Crippen molar-refractivity contribution in [2.24, 2.45) is 0 Å². The molecule has 0 saturated heterocycles. The van der Waals surface area contributed by atoms with E-state index in [1.165, 1.54) is 21.8 Å². The highest BCUT2D eigenvalue weighted by Crippen LogP contribution is 2.19. The molecule has 2 heterocycles. The van der Waals surface area contributed by atoms with Crippen LogP contribution in [0.5, 0.6) is 0 Å². The normalized spacial score (nSPS) is 10.6. The van der Waals surface area contributed by atoms with E-state index in [2.05, 4.69) is 10.3 Å².